The number of halogens is 2. The quantitative estimate of drug-likeness (QED) is 0.897. The van der Waals surface area contributed by atoms with Gasteiger partial charge in [-0.1, -0.05) is 27.5 Å². The molecule has 2 rings (SSSR count). The van der Waals surface area contributed by atoms with Gasteiger partial charge in [0.1, 0.15) is 11.9 Å². The average Bonchev–Trinajstić information content (AvgIpc) is 3.04. The van der Waals surface area contributed by atoms with Crippen LogP contribution in [0.3, 0.4) is 0 Å². The molecule has 16 heavy (non-hydrogen) atoms. The molecule has 1 unspecified atom stereocenters. The van der Waals surface area contributed by atoms with Crippen molar-refractivity contribution in [2.75, 3.05) is 6.54 Å². The summed E-state index contributed by atoms with van der Waals surface area (Å²) >= 11 is 9.45. The smallest absolute Gasteiger partial charge is 0.139 e. The van der Waals surface area contributed by atoms with Gasteiger partial charge < -0.3 is 10.1 Å². The van der Waals surface area contributed by atoms with Crippen molar-refractivity contribution in [2.45, 2.75) is 31.9 Å². The van der Waals surface area contributed by atoms with E-state index in [4.69, 9.17) is 16.3 Å². The molecule has 0 saturated heterocycles. The molecule has 2 nitrogen and oxygen atoms in total. The number of nitrogens with one attached hydrogen (secondary N) is 1. The molecule has 1 atom stereocenters. The summed E-state index contributed by atoms with van der Waals surface area (Å²) < 4.78 is 6.76. The van der Waals surface area contributed by atoms with Crippen LogP contribution in [0.25, 0.3) is 0 Å². The summed E-state index contributed by atoms with van der Waals surface area (Å²) in [6, 6.07) is 6.35. The molecule has 0 amide bonds. The highest BCUT2D eigenvalue weighted by Gasteiger charge is 2.21. The van der Waals surface area contributed by atoms with E-state index >= 15 is 0 Å². The summed E-state index contributed by atoms with van der Waals surface area (Å²) in [5.41, 5.74) is 0. The van der Waals surface area contributed by atoms with Crippen molar-refractivity contribution in [1.82, 2.24) is 5.32 Å². The Balaban J connectivity index is 1.88. The lowest BCUT2D eigenvalue weighted by atomic mass is 10.3. The predicted octanol–water partition coefficient (Wildman–Crippen LogP) is 3.62. The van der Waals surface area contributed by atoms with Crippen LogP contribution in [0.5, 0.6) is 5.75 Å². The van der Waals surface area contributed by atoms with Crippen LogP contribution in [0.4, 0.5) is 0 Å². The molecule has 1 aromatic carbocycles. The molecule has 1 fully saturated rings. The van der Waals surface area contributed by atoms with E-state index in [-0.39, 0.29) is 6.10 Å². The lowest BCUT2D eigenvalue weighted by Crippen LogP contribution is -2.30. The number of benzene rings is 1. The first-order valence-corrected chi connectivity index (χ1v) is 6.67. The number of hydrogen-bond acceptors (Lipinski definition) is 2. The fourth-order valence-corrected chi connectivity index (χ4v) is 1.95. The minimum absolute atomic E-state index is 0.132. The molecule has 0 aromatic heterocycles. The maximum Gasteiger partial charge on any atom is 0.139 e. The molecule has 1 aliphatic carbocycles. The Bertz CT molecular complexity index is 368. The summed E-state index contributed by atoms with van der Waals surface area (Å²) in [7, 11) is 0. The van der Waals surface area contributed by atoms with Gasteiger partial charge in [0.2, 0.25) is 0 Å². The standard InChI is InChI=1S/C12H15BrClNO/c1-8(7-15-10-3-4-10)16-12-6-9(13)2-5-11(12)14/h2,5-6,8,10,15H,3-4,7H2,1H3. The molecule has 0 aliphatic heterocycles. The van der Waals surface area contributed by atoms with Gasteiger partial charge in [-0.05, 0) is 38.0 Å². The number of hydrogen-bond donors (Lipinski definition) is 1. The summed E-state index contributed by atoms with van der Waals surface area (Å²) in [6.07, 6.45) is 2.72. The van der Waals surface area contributed by atoms with Crippen molar-refractivity contribution < 1.29 is 4.74 Å². The average molecular weight is 305 g/mol. The molecule has 1 saturated carbocycles. The van der Waals surface area contributed by atoms with Crippen LogP contribution in [0, 0.1) is 0 Å². The van der Waals surface area contributed by atoms with Gasteiger partial charge in [-0.2, -0.15) is 0 Å². The molecule has 0 radical (unpaired) electrons. The third-order valence-electron chi connectivity index (χ3n) is 2.49. The van der Waals surface area contributed by atoms with Crippen LogP contribution >= 0.6 is 27.5 Å². The Kier molecular flexibility index (Phi) is 4.11. The molecule has 4 heteroatoms. The second-order valence-corrected chi connectivity index (χ2v) is 5.51. The SMILES string of the molecule is CC(CNC1CC1)Oc1cc(Br)ccc1Cl. The van der Waals surface area contributed by atoms with E-state index < -0.39 is 0 Å². The van der Waals surface area contributed by atoms with Crippen molar-refractivity contribution in [1.29, 1.82) is 0 Å². The molecular weight excluding hydrogens is 289 g/mol. The van der Waals surface area contributed by atoms with Crippen molar-refractivity contribution in [3.05, 3.63) is 27.7 Å². The van der Waals surface area contributed by atoms with E-state index in [2.05, 4.69) is 21.2 Å². The van der Waals surface area contributed by atoms with E-state index in [0.717, 1.165) is 16.8 Å². The molecule has 0 spiro atoms. The second kappa shape index (κ2) is 5.39. The van der Waals surface area contributed by atoms with Crippen LogP contribution in [0.15, 0.2) is 22.7 Å². The van der Waals surface area contributed by atoms with Gasteiger partial charge in [-0.15, -0.1) is 0 Å². The van der Waals surface area contributed by atoms with E-state index in [1.165, 1.54) is 12.8 Å². The van der Waals surface area contributed by atoms with Gasteiger partial charge in [-0.25, -0.2) is 0 Å². The molecule has 1 aromatic rings. The third-order valence-corrected chi connectivity index (χ3v) is 3.30. The largest absolute Gasteiger partial charge is 0.488 e. The normalized spacial score (nSPS) is 17.2. The van der Waals surface area contributed by atoms with Gasteiger partial charge >= 0.3 is 0 Å². The maximum absolute atomic E-state index is 6.05. The Morgan fingerprint density at radius 1 is 1.56 bits per heavy atom. The fourth-order valence-electron chi connectivity index (χ4n) is 1.45. The van der Waals surface area contributed by atoms with Crippen molar-refractivity contribution in [3.63, 3.8) is 0 Å². The highest BCUT2D eigenvalue weighted by molar-refractivity contribution is 9.10. The molecule has 1 aliphatic rings. The van der Waals surface area contributed by atoms with E-state index in [9.17, 15) is 0 Å². The van der Waals surface area contributed by atoms with Crippen LogP contribution in [0.1, 0.15) is 19.8 Å². The van der Waals surface area contributed by atoms with Crippen LogP contribution < -0.4 is 10.1 Å². The summed E-state index contributed by atoms with van der Waals surface area (Å²) in [5, 5.41) is 4.09. The van der Waals surface area contributed by atoms with Crippen LogP contribution in [0.2, 0.25) is 5.02 Å². The van der Waals surface area contributed by atoms with Gasteiger partial charge in [0.25, 0.3) is 0 Å². The Morgan fingerprint density at radius 2 is 2.31 bits per heavy atom. The summed E-state index contributed by atoms with van der Waals surface area (Å²) in [5.74, 6) is 0.737. The van der Waals surface area contributed by atoms with Crippen molar-refractivity contribution in [2.24, 2.45) is 0 Å². The predicted molar refractivity (Wildman–Crippen MR) is 70.3 cm³/mol. The third kappa shape index (κ3) is 3.65. The number of rotatable bonds is 5. The topological polar surface area (TPSA) is 21.3 Å². The zero-order valence-electron chi connectivity index (χ0n) is 9.17. The molecule has 0 bridgehead atoms. The summed E-state index contributed by atoms with van der Waals surface area (Å²) in [4.78, 5) is 0. The zero-order valence-corrected chi connectivity index (χ0v) is 11.5. The lowest BCUT2D eigenvalue weighted by molar-refractivity contribution is 0.216. The molecular formula is C12H15BrClNO. The van der Waals surface area contributed by atoms with Gasteiger partial charge in [-0.3, -0.25) is 0 Å². The second-order valence-electron chi connectivity index (χ2n) is 4.19. The van der Waals surface area contributed by atoms with E-state index in [1.54, 1.807) is 0 Å². The Labute approximate surface area is 109 Å². The highest BCUT2D eigenvalue weighted by Crippen LogP contribution is 2.28. The number of ether oxygens (including phenoxy) is 1. The molecule has 1 N–H and O–H groups in total. The molecule has 0 heterocycles. The van der Waals surface area contributed by atoms with Crippen LogP contribution in [-0.2, 0) is 0 Å². The molecule has 88 valence electrons. The monoisotopic (exact) mass is 303 g/mol. The minimum Gasteiger partial charge on any atom is -0.488 e. The maximum atomic E-state index is 6.05. The lowest BCUT2D eigenvalue weighted by Gasteiger charge is -2.16. The first-order chi connectivity index (χ1) is 7.65. The fraction of sp³-hybridized carbons (Fsp3) is 0.500. The van der Waals surface area contributed by atoms with Crippen LogP contribution in [-0.4, -0.2) is 18.7 Å². The van der Waals surface area contributed by atoms with E-state index in [1.807, 2.05) is 25.1 Å². The Morgan fingerprint density at radius 3 is 3.00 bits per heavy atom. The highest BCUT2D eigenvalue weighted by atomic mass is 79.9. The first-order valence-electron chi connectivity index (χ1n) is 5.50. The summed E-state index contributed by atoms with van der Waals surface area (Å²) in [6.45, 7) is 2.92. The minimum atomic E-state index is 0.132. The van der Waals surface area contributed by atoms with Crippen molar-refractivity contribution >= 4 is 27.5 Å². The first kappa shape index (κ1) is 12.2. The zero-order chi connectivity index (χ0) is 11.5. The van der Waals surface area contributed by atoms with Gasteiger partial charge in [0.15, 0.2) is 0 Å². The Hall–Kier alpha value is -0.250. The van der Waals surface area contributed by atoms with Gasteiger partial charge in [0, 0.05) is 17.1 Å². The van der Waals surface area contributed by atoms with Gasteiger partial charge in [0.05, 0.1) is 5.02 Å². The van der Waals surface area contributed by atoms with E-state index in [0.29, 0.717) is 11.1 Å². The van der Waals surface area contributed by atoms with Crippen molar-refractivity contribution in [3.8, 4) is 5.75 Å².